The summed E-state index contributed by atoms with van der Waals surface area (Å²) in [6.07, 6.45) is 1.03. The lowest BCUT2D eigenvalue weighted by Gasteiger charge is -2.03. The van der Waals surface area contributed by atoms with E-state index in [9.17, 15) is 14.0 Å². The normalized spacial score (nSPS) is 10.1. The summed E-state index contributed by atoms with van der Waals surface area (Å²) in [4.78, 5) is 30.0. The molecule has 18 heavy (non-hydrogen) atoms. The number of aromatic nitrogens is 3. The van der Waals surface area contributed by atoms with Gasteiger partial charge < -0.3 is 10.6 Å². The SMILES string of the molecule is CNC(=O)c1c(Nc2cc(F)ncn2)s[nH]c1=O. The number of nitrogens with zero attached hydrogens (tertiary/aromatic N) is 2. The summed E-state index contributed by atoms with van der Waals surface area (Å²) in [6.45, 7) is 0. The summed E-state index contributed by atoms with van der Waals surface area (Å²) in [5.74, 6) is -1.09. The van der Waals surface area contributed by atoms with Gasteiger partial charge in [-0.15, -0.1) is 0 Å². The van der Waals surface area contributed by atoms with E-state index in [4.69, 9.17) is 0 Å². The lowest BCUT2D eigenvalue weighted by atomic mass is 10.3. The van der Waals surface area contributed by atoms with Crippen LogP contribution in [0, 0.1) is 5.95 Å². The third-order valence-corrected chi connectivity index (χ3v) is 2.83. The molecule has 0 aliphatic heterocycles. The minimum Gasteiger partial charge on any atom is -0.355 e. The minimum atomic E-state index is -0.711. The van der Waals surface area contributed by atoms with E-state index in [2.05, 4.69) is 25.0 Å². The molecule has 0 fully saturated rings. The van der Waals surface area contributed by atoms with Crippen LogP contribution in [-0.2, 0) is 0 Å². The van der Waals surface area contributed by atoms with Crippen molar-refractivity contribution >= 4 is 28.3 Å². The van der Waals surface area contributed by atoms with Crippen LogP contribution >= 0.6 is 11.5 Å². The number of halogens is 1. The molecule has 0 atom stereocenters. The number of amides is 1. The van der Waals surface area contributed by atoms with E-state index in [0.717, 1.165) is 23.9 Å². The molecule has 0 unspecified atom stereocenters. The fourth-order valence-electron chi connectivity index (χ4n) is 1.24. The minimum absolute atomic E-state index is 0.0680. The van der Waals surface area contributed by atoms with E-state index in [1.54, 1.807) is 0 Å². The number of carbonyl (C=O) groups is 1. The Morgan fingerprint density at radius 3 is 2.94 bits per heavy atom. The van der Waals surface area contributed by atoms with Crippen molar-refractivity contribution in [3.8, 4) is 0 Å². The highest BCUT2D eigenvalue weighted by atomic mass is 32.1. The fraction of sp³-hybridized carbons (Fsp3) is 0.111. The lowest BCUT2D eigenvalue weighted by Crippen LogP contribution is -2.24. The van der Waals surface area contributed by atoms with Crippen molar-refractivity contribution in [3.63, 3.8) is 0 Å². The quantitative estimate of drug-likeness (QED) is 0.703. The summed E-state index contributed by atoms with van der Waals surface area (Å²) < 4.78 is 15.3. The average Bonchev–Trinajstić information content (AvgIpc) is 2.70. The topological polar surface area (TPSA) is 99.8 Å². The molecule has 2 aromatic rings. The second-order valence-corrected chi connectivity index (χ2v) is 3.98. The van der Waals surface area contributed by atoms with Gasteiger partial charge in [0, 0.05) is 13.1 Å². The summed E-state index contributed by atoms with van der Waals surface area (Å²) in [5.41, 5.74) is -0.585. The standard InChI is InChI=1S/C9H8FN5O2S/c1-11-7(16)6-8(17)15-18-9(6)14-5-2-4(10)12-3-13-5/h2-3H,1H3,(H,11,16)(H,15,17)(H,12,13,14). The summed E-state index contributed by atoms with van der Waals surface area (Å²) in [5, 5.41) is 5.29. The van der Waals surface area contributed by atoms with Gasteiger partial charge in [0.1, 0.15) is 22.7 Å². The number of aromatic amines is 1. The molecule has 0 spiro atoms. The van der Waals surface area contributed by atoms with Gasteiger partial charge in [0.05, 0.1) is 0 Å². The molecule has 2 heterocycles. The maximum absolute atomic E-state index is 12.9. The predicted molar refractivity (Wildman–Crippen MR) is 63.6 cm³/mol. The van der Waals surface area contributed by atoms with E-state index < -0.39 is 17.4 Å². The molecule has 0 saturated heterocycles. The van der Waals surface area contributed by atoms with Crippen LogP contribution in [0.2, 0.25) is 0 Å². The monoisotopic (exact) mass is 269 g/mol. The molecule has 0 aliphatic rings. The molecule has 0 bridgehead atoms. The van der Waals surface area contributed by atoms with Crippen LogP contribution in [0.15, 0.2) is 17.2 Å². The highest BCUT2D eigenvalue weighted by molar-refractivity contribution is 7.10. The molecular formula is C9H8FN5O2S. The first-order chi connectivity index (χ1) is 8.61. The van der Waals surface area contributed by atoms with Gasteiger partial charge in [-0.25, -0.2) is 9.97 Å². The van der Waals surface area contributed by atoms with Crippen LogP contribution in [0.1, 0.15) is 10.4 Å². The van der Waals surface area contributed by atoms with E-state index in [-0.39, 0.29) is 16.4 Å². The van der Waals surface area contributed by atoms with E-state index in [1.165, 1.54) is 7.05 Å². The van der Waals surface area contributed by atoms with Crippen molar-refractivity contribution in [2.45, 2.75) is 0 Å². The summed E-state index contributed by atoms with van der Waals surface area (Å²) in [7, 11) is 1.41. The number of hydrogen-bond acceptors (Lipinski definition) is 6. The average molecular weight is 269 g/mol. The number of anilines is 2. The first-order valence-electron chi connectivity index (χ1n) is 4.80. The van der Waals surface area contributed by atoms with E-state index in [0.29, 0.717) is 0 Å². The second kappa shape index (κ2) is 4.92. The Bertz CT molecular complexity index is 638. The Kier molecular flexibility index (Phi) is 3.33. The molecule has 94 valence electrons. The van der Waals surface area contributed by atoms with Crippen LogP contribution in [0.25, 0.3) is 0 Å². The molecule has 0 aliphatic carbocycles. The van der Waals surface area contributed by atoms with Gasteiger partial charge in [-0.05, 0) is 11.5 Å². The Morgan fingerprint density at radius 1 is 1.50 bits per heavy atom. The number of hydrogen-bond donors (Lipinski definition) is 3. The smallest absolute Gasteiger partial charge is 0.273 e. The second-order valence-electron chi connectivity index (χ2n) is 3.17. The summed E-state index contributed by atoms with van der Waals surface area (Å²) in [6, 6.07) is 1.05. The largest absolute Gasteiger partial charge is 0.355 e. The number of carbonyl (C=O) groups excluding carboxylic acids is 1. The molecular weight excluding hydrogens is 261 g/mol. The van der Waals surface area contributed by atoms with E-state index >= 15 is 0 Å². The van der Waals surface area contributed by atoms with Crippen molar-refractivity contribution in [2.75, 3.05) is 12.4 Å². The molecule has 0 saturated carbocycles. The van der Waals surface area contributed by atoms with Gasteiger partial charge in [0.2, 0.25) is 5.95 Å². The maximum Gasteiger partial charge on any atom is 0.273 e. The molecule has 0 aromatic carbocycles. The van der Waals surface area contributed by atoms with Crippen LogP contribution in [0.4, 0.5) is 15.2 Å². The van der Waals surface area contributed by atoms with Gasteiger partial charge in [0.15, 0.2) is 0 Å². The first kappa shape index (κ1) is 12.2. The van der Waals surface area contributed by atoms with Gasteiger partial charge in [-0.3, -0.25) is 14.0 Å². The molecule has 1 amide bonds. The Balaban J connectivity index is 2.35. The zero-order chi connectivity index (χ0) is 13.1. The van der Waals surface area contributed by atoms with Crippen LogP contribution in [-0.4, -0.2) is 27.3 Å². The van der Waals surface area contributed by atoms with Gasteiger partial charge in [0.25, 0.3) is 11.5 Å². The van der Waals surface area contributed by atoms with Crippen LogP contribution < -0.4 is 16.2 Å². The lowest BCUT2D eigenvalue weighted by molar-refractivity contribution is 0.0963. The fourth-order valence-corrected chi connectivity index (χ4v) is 1.98. The zero-order valence-corrected chi connectivity index (χ0v) is 9.97. The van der Waals surface area contributed by atoms with Crippen LogP contribution in [0.5, 0.6) is 0 Å². The zero-order valence-electron chi connectivity index (χ0n) is 9.15. The number of nitrogens with one attached hydrogen (secondary N) is 3. The highest BCUT2D eigenvalue weighted by Crippen LogP contribution is 2.20. The Morgan fingerprint density at radius 2 is 2.28 bits per heavy atom. The van der Waals surface area contributed by atoms with Crippen molar-refractivity contribution in [1.29, 1.82) is 0 Å². The van der Waals surface area contributed by atoms with Crippen molar-refractivity contribution in [2.24, 2.45) is 0 Å². The Labute approximate surface area is 104 Å². The van der Waals surface area contributed by atoms with Crippen molar-refractivity contribution in [1.82, 2.24) is 19.7 Å². The van der Waals surface area contributed by atoms with Crippen molar-refractivity contribution < 1.29 is 9.18 Å². The third-order valence-electron chi connectivity index (χ3n) is 2.03. The molecule has 3 N–H and O–H groups in total. The molecule has 7 nitrogen and oxygen atoms in total. The van der Waals surface area contributed by atoms with Gasteiger partial charge in [-0.1, -0.05) is 0 Å². The van der Waals surface area contributed by atoms with Crippen molar-refractivity contribution in [3.05, 3.63) is 34.3 Å². The third kappa shape index (κ3) is 2.35. The van der Waals surface area contributed by atoms with Gasteiger partial charge in [-0.2, -0.15) is 4.39 Å². The Hall–Kier alpha value is -2.29. The van der Waals surface area contributed by atoms with Crippen LogP contribution in [0.3, 0.4) is 0 Å². The first-order valence-corrected chi connectivity index (χ1v) is 5.61. The van der Waals surface area contributed by atoms with E-state index in [1.807, 2.05) is 0 Å². The van der Waals surface area contributed by atoms with Gasteiger partial charge >= 0.3 is 0 Å². The highest BCUT2D eigenvalue weighted by Gasteiger charge is 2.18. The summed E-state index contributed by atoms with van der Waals surface area (Å²) >= 11 is 0.928. The number of H-pyrrole nitrogens is 1. The molecule has 9 heteroatoms. The molecule has 2 rings (SSSR count). The predicted octanol–water partition coefficient (Wildman–Crippen LogP) is 0.469. The maximum atomic E-state index is 12.9. The number of rotatable bonds is 3. The molecule has 2 aromatic heterocycles. The molecule has 0 radical (unpaired) electrons.